The molecule has 0 aliphatic carbocycles. The number of halogens is 1. The van der Waals surface area contributed by atoms with Gasteiger partial charge in [0.25, 0.3) is 0 Å². The van der Waals surface area contributed by atoms with Crippen molar-refractivity contribution in [2.45, 2.75) is 12.6 Å². The molecule has 1 unspecified atom stereocenters. The van der Waals surface area contributed by atoms with Crippen molar-refractivity contribution in [3.63, 3.8) is 0 Å². The molecule has 5 aromatic heterocycles. The molecule has 0 bridgehead atoms. The van der Waals surface area contributed by atoms with Crippen LogP contribution in [0, 0.1) is 5.82 Å². The average molecular weight is 628 g/mol. The molecule has 0 amide bonds. The molecule has 7 rings (SSSR count). The lowest BCUT2D eigenvalue weighted by atomic mass is 10.1. The Balaban J connectivity index is 1.18. The number of aromatic amines is 2. The number of H-pyrrole nitrogens is 2. The predicted octanol–water partition coefficient (Wildman–Crippen LogP) is 6.32. The van der Waals surface area contributed by atoms with Crippen molar-refractivity contribution in [2.24, 2.45) is 0 Å². The van der Waals surface area contributed by atoms with Crippen LogP contribution in [0.2, 0.25) is 0 Å². The van der Waals surface area contributed by atoms with E-state index in [2.05, 4.69) is 45.7 Å². The number of hydrogen-bond donors (Lipinski definition) is 5. The van der Waals surface area contributed by atoms with E-state index in [9.17, 15) is 9.50 Å². The van der Waals surface area contributed by atoms with Crippen LogP contribution < -0.4 is 10.6 Å². The standard InChI is InChI=1S/C36H34FN9O/c1-46(2)11-10-39-26-14-23(13-25(37)16-26)35-28-18-32(43-30(28)8-9-40-35)36-29-17-31(41-21-33(29)44-45-36)24-15-27(20-38-19-24)42-34(47)12-22-6-4-3-5-7-22/h3-9,13-21,34,39,42-43,47H,10-12H2,1-2H3,(H,44,45). The zero-order chi connectivity index (χ0) is 32.3. The van der Waals surface area contributed by atoms with Gasteiger partial charge in [0, 0.05) is 65.0 Å². The van der Waals surface area contributed by atoms with E-state index >= 15 is 0 Å². The Hall–Kier alpha value is -5.65. The number of aromatic nitrogens is 6. The van der Waals surface area contributed by atoms with Crippen molar-refractivity contribution < 1.29 is 9.50 Å². The van der Waals surface area contributed by atoms with Gasteiger partial charge in [-0.15, -0.1) is 0 Å². The summed E-state index contributed by atoms with van der Waals surface area (Å²) in [6.07, 6.45) is 6.58. The van der Waals surface area contributed by atoms with Gasteiger partial charge in [0.15, 0.2) is 0 Å². The molecule has 10 nitrogen and oxygen atoms in total. The molecular formula is C36H34FN9O. The molecule has 47 heavy (non-hydrogen) atoms. The molecule has 5 heterocycles. The van der Waals surface area contributed by atoms with E-state index in [4.69, 9.17) is 0 Å². The number of fused-ring (bicyclic) bond motifs is 2. The van der Waals surface area contributed by atoms with Crippen LogP contribution in [0.5, 0.6) is 0 Å². The van der Waals surface area contributed by atoms with Crippen LogP contribution in [-0.2, 0) is 6.42 Å². The molecule has 2 aromatic carbocycles. The first-order valence-corrected chi connectivity index (χ1v) is 15.4. The number of nitrogens with one attached hydrogen (secondary N) is 4. The first kappa shape index (κ1) is 30.0. The molecule has 0 saturated carbocycles. The SMILES string of the molecule is CN(C)CCNc1cc(F)cc(-c2nccc3[nH]c(-c4n[nH]c5cnc(-c6cncc(NC(O)Cc7ccccc7)c6)cc45)cc23)c1. The maximum Gasteiger partial charge on any atom is 0.128 e. The maximum atomic E-state index is 14.7. The first-order valence-electron chi connectivity index (χ1n) is 15.4. The van der Waals surface area contributed by atoms with Crippen LogP contribution in [-0.4, -0.2) is 73.6 Å². The van der Waals surface area contributed by atoms with Gasteiger partial charge in [0.1, 0.15) is 17.7 Å². The zero-order valence-corrected chi connectivity index (χ0v) is 26.0. The minimum absolute atomic E-state index is 0.331. The number of rotatable bonds is 11. The number of nitrogens with zero attached hydrogens (tertiary/aromatic N) is 5. The summed E-state index contributed by atoms with van der Waals surface area (Å²) in [5, 5.41) is 26.5. The number of hydrogen-bond acceptors (Lipinski definition) is 8. The van der Waals surface area contributed by atoms with E-state index in [-0.39, 0.29) is 5.82 Å². The molecule has 0 spiro atoms. The minimum atomic E-state index is -0.773. The molecule has 236 valence electrons. The molecule has 0 aliphatic rings. The number of pyridine rings is 3. The fourth-order valence-corrected chi connectivity index (χ4v) is 5.68. The molecule has 1 atom stereocenters. The zero-order valence-electron chi connectivity index (χ0n) is 26.0. The topological polar surface area (TPSA) is 131 Å². The second-order valence-electron chi connectivity index (χ2n) is 11.8. The van der Waals surface area contributed by atoms with Crippen molar-refractivity contribution in [1.29, 1.82) is 0 Å². The quantitative estimate of drug-likeness (QED) is 0.105. The van der Waals surface area contributed by atoms with Crippen LogP contribution in [0.1, 0.15) is 5.56 Å². The third-order valence-corrected chi connectivity index (χ3v) is 7.95. The van der Waals surface area contributed by atoms with E-state index in [1.807, 2.05) is 74.8 Å². The highest BCUT2D eigenvalue weighted by Crippen LogP contribution is 2.35. The smallest absolute Gasteiger partial charge is 0.128 e. The second kappa shape index (κ2) is 13.0. The van der Waals surface area contributed by atoms with Crippen LogP contribution in [0.25, 0.3) is 55.7 Å². The molecule has 0 saturated heterocycles. The highest BCUT2D eigenvalue weighted by Gasteiger charge is 2.17. The van der Waals surface area contributed by atoms with Gasteiger partial charge < -0.3 is 25.6 Å². The normalized spacial score (nSPS) is 12.2. The highest BCUT2D eigenvalue weighted by molar-refractivity contribution is 6.00. The van der Waals surface area contributed by atoms with Gasteiger partial charge in [-0.25, -0.2) is 4.39 Å². The van der Waals surface area contributed by atoms with E-state index in [1.54, 1.807) is 24.8 Å². The first-order chi connectivity index (χ1) is 22.9. The molecule has 0 fully saturated rings. The van der Waals surface area contributed by atoms with Gasteiger partial charge in [0.05, 0.1) is 40.7 Å². The molecule has 11 heteroatoms. The minimum Gasteiger partial charge on any atom is -0.384 e. The van der Waals surface area contributed by atoms with Gasteiger partial charge >= 0.3 is 0 Å². The molecule has 5 N–H and O–H groups in total. The molecule has 7 aromatic rings. The number of aliphatic hydroxyl groups is 1. The summed E-state index contributed by atoms with van der Waals surface area (Å²) in [5.41, 5.74) is 8.42. The summed E-state index contributed by atoms with van der Waals surface area (Å²) < 4.78 is 14.7. The molecule has 0 radical (unpaired) electrons. The Morgan fingerprint density at radius 2 is 1.68 bits per heavy atom. The summed E-state index contributed by atoms with van der Waals surface area (Å²) in [6, 6.07) is 22.5. The molecule has 0 aliphatic heterocycles. The third kappa shape index (κ3) is 6.67. The number of likely N-dealkylation sites (N-methyl/N-ethyl adjacent to an activating group) is 1. The fraction of sp³-hybridized carbons (Fsp3) is 0.167. The van der Waals surface area contributed by atoms with Crippen molar-refractivity contribution in [1.82, 2.24) is 35.0 Å². The van der Waals surface area contributed by atoms with Crippen LogP contribution >= 0.6 is 0 Å². The maximum absolute atomic E-state index is 14.7. The summed E-state index contributed by atoms with van der Waals surface area (Å²) >= 11 is 0. The van der Waals surface area contributed by atoms with Crippen LogP contribution in [0.4, 0.5) is 15.8 Å². The third-order valence-electron chi connectivity index (χ3n) is 7.95. The Morgan fingerprint density at radius 1 is 0.851 bits per heavy atom. The number of benzene rings is 2. The van der Waals surface area contributed by atoms with Gasteiger partial charge in [-0.05, 0) is 62.1 Å². The highest BCUT2D eigenvalue weighted by atomic mass is 19.1. The summed E-state index contributed by atoms with van der Waals surface area (Å²) in [7, 11) is 4.00. The van der Waals surface area contributed by atoms with E-state index in [0.29, 0.717) is 41.3 Å². The molecular weight excluding hydrogens is 593 g/mol. The van der Waals surface area contributed by atoms with Crippen molar-refractivity contribution >= 4 is 33.2 Å². The van der Waals surface area contributed by atoms with Crippen LogP contribution in [0.15, 0.2) is 97.6 Å². The predicted molar refractivity (Wildman–Crippen MR) is 184 cm³/mol. The lowest BCUT2D eigenvalue weighted by Crippen LogP contribution is -2.21. The summed E-state index contributed by atoms with van der Waals surface area (Å²) in [4.78, 5) is 19.2. The monoisotopic (exact) mass is 627 g/mol. The van der Waals surface area contributed by atoms with Crippen LogP contribution in [0.3, 0.4) is 0 Å². The van der Waals surface area contributed by atoms with Crippen molar-refractivity contribution in [3.05, 3.63) is 109 Å². The summed E-state index contributed by atoms with van der Waals surface area (Å²) in [5.74, 6) is -0.331. The van der Waals surface area contributed by atoms with Gasteiger partial charge in [-0.3, -0.25) is 20.1 Å². The fourth-order valence-electron chi connectivity index (χ4n) is 5.68. The average Bonchev–Trinajstić information content (AvgIpc) is 3.69. The summed E-state index contributed by atoms with van der Waals surface area (Å²) in [6.45, 7) is 1.52. The lowest BCUT2D eigenvalue weighted by Gasteiger charge is -2.14. The number of anilines is 2. The number of aliphatic hydroxyl groups excluding tert-OH is 1. The Labute approximate surface area is 270 Å². The van der Waals surface area contributed by atoms with E-state index in [0.717, 1.165) is 50.9 Å². The van der Waals surface area contributed by atoms with E-state index in [1.165, 1.54) is 12.1 Å². The Bertz CT molecular complexity index is 2160. The largest absolute Gasteiger partial charge is 0.384 e. The van der Waals surface area contributed by atoms with Gasteiger partial charge in [0.2, 0.25) is 0 Å². The lowest BCUT2D eigenvalue weighted by molar-refractivity contribution is 0.204. The Kier molecular flexibility index (Phi) is 8.30. The van der Waals surface area contributed by atoms with Gasteiger partial charge in [-0.1, -0.05) is 30.3 Å². The van der Waals surface area contributed by atoms with Crippen molar-refractivity contribution in [2.75, 3.05) is 37.8 Å². The van der Waals surface area contributed by atoms with E-state index < -0.39 is 6.23 Å². The van der Waals surface area contributed by atoms with Gasteiger partial charge in [-0.2, -0.15) is 5.10 Å². The van der Waals surface area contributed by atoms with Crippen molar-refractivity contribution in [3.8, 4) is 33.9 Å². The second-order valence-corrected chi connectivity index (χ2v) is 11.8. The Morgan fingerprint density at radius 3 is 2.53 bits per heavy atom.